The molecule has 2 amide bonds. The molecule has 0 saturated carbocycles. The summed E-state index contributed by atoms with van der Waals surface area (Å²) in [4.78, 5) is 25.7. The Kier molecular flexibility index (Phi) is 6.19. The molecule has 4 nitrogen and oxygen atoms in total. The van der Waals surface area contributed by atoms with Crippen LogP contribution >= 0.6 is 11.6 Å². The summed E-state index contributed by atoms with van der Waals surface area (Å²) in [5, 5.41) is 2.98. The fourth-order valence-corrected chi connectivity index (χ4v) is 2.66. The van der Waals surface area contributed by atoms with E-state index in [0.29, 0.717) is 37.4 Å². The molecule has 6 heteroatoms. The number of nitrogens with zero attached hydrogens (tertiary/aromatic N) is 1. The summed E-state index contributed by atoms with van der Waals surface area (Å²) in [7, 11) is 0. The van der Waals surface area contributed by atoms with E-state index in [1.54, 1.807) is 4.90 Å². The van der Waals surface area contributed by atoms with Gasteiger partial charge < -0.3 is 10.2 Å². The fourth-order valence-electron chi connectivity index (χ4n) is 2.53. The molecular formula is C16H20ClFN2O2. The van der Waals surface area contributed by atoms with Gasteiger partial charge in [-0.25, -0.2) is 4.39 Å². The largest absolute Gasteiger partial charge is 0.353 e. The SMILES string of the molecule is O=C(CCCCl)NC1CCN(C(=O)c2ccc(F)cc2)CC1. The van der Waals surface area contributed by atoms with Crippen molar-refractivity contribution in [3.05, 3.63) is 35.6 Å². The molecule has 22 heavy (non-hydrogen) atoms. The molecule has 1 N–H and O–H groups in total. The third kappa shape index (κ3) is 4.70. The minimum absolute atomic E-state index is 0.0176. The molecule has 0 spiro atoms. The number of halogens is 2. The van der Waals surface area contributed by atoms with E-state index in [1.165, 1.54) is 24.3 Å². The first-order valence-electron chi connectivity index (χ1n) is 7.50. The van der Waals surface area contributed by atoms with Crippen LogP contribution in [0.15, 0.2) is 24.3 Å². The normalized spacial score (nSPS) is 15.6. The highest BCUT2D eigenvalue weighted by Gasteiger charge is 2.24. The molecule has 0 unspecified atom stereocenters. The predicted octanol–water partition coefficient (Wildman–Crippen LogP) is 2.57. The van der Waals surface area contributed by atoms with Crippen LogP contribution in [0.4, 0.5) is 4.39 Å². The molecule has 0 aromatic heterocycles. The standard InChI is InChI=1S/C16H20ClFN2O2/c17-9-1-2-15(21)19-14-7-10-20(11-8-14)16(22)12-3-5-13(18)6-4-12/h3-6,14H,1-2,7-11H2,(H,19,21). The number of benzene rings is 1. The van der Waals surface area contributed by atoms with E-state index in [0.717, 1.165) is 12.8 Å². The highest BCUT2D eigenvalue weighted by Crippen LogP contribution is 2.14. The Morgan fingerprint density at radius 2 is 1.86 bits per heavy atom. The van der Waals surface area contributed by atoms with Gasteiger partial charge in [-0.1, -0.05) is 0 Å². The molecular weight excluding hydrogens is 307 g/mol. The van der Waals surface area contributed by atoms with Gasteiger partial charge in [0.15, 0.2) is 0 Å². The average molecular weight is 327 g/mol. The predicted molar refractivity (Wildman–Crippen MR) is 83.4 cm³/mol. The van der Waals surface area contributed by atoms with Gasteiger partial charge in [-0.3, -0.25) is 9.59 Å². The van der Waals surface area contributed by atoms with Gasteiger partial charge in [0.2, 0.25) is 5.91 Å². The Balaban J connectivity index is 1.80. The summed E-state index contributed by atoms with van der Waals surface area (Å²) in [6, 6.07) is 5.68. The van der Waals surface area contributed by atoms with E-state index in [4.69, 9.17) is 11.6 Å². The maximum Gasteiger partial charge on any atom is 0.253 e. The number of amides is 2. The van der Waals surface area contributed by atoms with Crippen molar-refractivity contribution in [3.8, 4) is 0 Å². The van der Waals surface area contributed by atoms with Crippen molar-refractivity contribution in [2.45, 2.75) is 31.7 Å². The van der Waals surface area contributed by atoms with Gasteiger partial charge in [0, 0.05) is 37.0 Å². The quantitative estimate of drug-likeness (QED) is 0.845. The Bertz CT molecular complexity index is 513. The molecule has 1 aliphatic heterocycles. The molecule has 120 valence electrons. The molecule has 0 bridgehead atoms. The Labute approximate surface area is 134 Å². The number of alkyl halides is 1. The molecule has 1 aromatic carbocycles. The van der Waals surface area contributed by atoms with Crippen LogP contribution in [0.1, 0.15) is 36.0 Å². The molecule has 0 aliphatic carbocycles. The van der Waals surface area contributed by atoms with Gasteiger partial charge >= 0.3 is 0 Å². The number of rotatable bonds is 5. The van der Waals surface area contributed by atoms with Crippen LogP contribution < -0.4 is 5.32 Å². The fraction of sp³-hybridized carbons (Fsp3) is 0.500. The molecule has 1 aliphatic rings. The van der Waals surface area contributed by atoms with E-state index < -0.39 is 0 Å². The first-order valence-corrected chi connectivity index (χ1v) is 8.04. The third-order valence-corrected chi connectivity index (χ3v) is 4.04. The second-order valence-electron chi connectivity index (χ2n) is 5.43. The van der Waals surface area contributed by atoms with E-state index in [9.17, 15) is 14.0 Å². The number of carbonyl (C=O) groups excluding carboxylic acids is 2. The highest BCUT2D eigenvalue weighted by atomic mass is 35.5. The van der Waals surface area contributed by atoms with Gasteiger partial charge in [0.1, 0.15) is 5.82 Å². The maximum absolute atomic E-state index is 12.9. The zero-order chi connectivity index (χ0) is 15.9. The van der Waals surface area contributed by atoms with Crippen molar-refractivity contribution >= 4 is 23.4 Å². The number of carbonyl (C=O) groups is 2. The van der Waals surface area contributed by atoms with E-state index >= 15 is 0 Å². The number of likely N-dealkylation sites (tertiary alicyclic amines) is 1. The number of hydrogen-bond donors (Lipinski definition) is 1. The summed E-state index contributed by atoms with van der Waals surface area (Å²) < 4.78 is 12.9. The van der Waals surface area contributed by atoms with Crippen molar-refractivity contribution in [1.82, 2.24) is 10.2 Å². The zero-order valence-electron chi connectivity index (χ0n) is 12.4. The third-order valence-electron chi connectivity index (χ3n) is 3.78. The number of nitrogens with one attached hydrogen (secondary N) is 1. The van der Waals surface area contributed by atoms with Crippen LogP contribution in [0, 0.1) is 5.82 Å². The lowest BCUT2D eigenvalue weighted by Gasteiger charge is -2.32. The van der Waals surface area contributed by atoms with Gasteiger partial charge in [-0.05, 0) is 43.5 Å². The van der Waals surface area contributed by atoms with Gasteiger partial charge in [0.25, 0.3) is 5.91 Å². The Hall–Kier alpha value is -1.62. The van der Waals surface area contributed by atoms with Crippen molar-refractivity contribution in [1.29, 1.82) is 0 Å². The minimum Gasteiger partial charge on any atom is -0.353 e. The van der Waals surface area contributed by atoms with E-state index in [2.05, 4.69) is 5.32 Å². The number of piperidine rings is 1. The van der Waals surface area contributed by atoms with Gasteiger partial charge in [0.05, 0.1) is 0 Å². The minimum atomic E-state index is -0.352. The maximum atomic E-state index is 12.9. The summed E-state index contributed by atoms with van der Waals surface area (Å²) >= 11 is 5.56. The number of hydrogen-bond acceptors (Lipinski definition) is 2. The van der Waals surface area contributed by atoms with Gasteiger partial charge in [-0.2, -0.15) is 0 Å². The first kappa shape index (κ1) is 16.7. The van der Waals surface area contributed by atoms with Crippen LogP contribution in [0.2, 0.25) is 0 Å². The zero-order valence-corrected chi connectivity index (χ0v) is 13.1. The first-order chi connectivity index (χ1) is 10.6. The average Bonchev–Trinajstić information content (AvgIpc) is 2.54. The Morgan fingerprint density at radius 3 is 2.45 bits per heavy atom. The Morgan fingerprint density at radius 1 is 1.23 bits per heavy atom. The van der Waals surface area contributed by atoms with E-state index in [1.807, 2.05) is 0 Å². The summed E-state index contributed by atoms with van der Waals surface area (Å²) in [5.41, 5.74) is 0.492. The lowest BCUT2D eigenvalue weighted by molar-refractivity contribution is -0.122. The van der Waals surface area contributed by atoms with Crippen molar-refractivity contribution in [3.63, 3.8) is 0 Å². The monoisotopic (exact) mass is 326 g/mol. The lowest BCUT2D eigenvalue weighted by Crippen LogP contribution is -2.46. The second kappa shape index (κ2) is 8.13. The van der Waals surface area contributed by atoms with Crippen LogP contribution in [0.25, 0.3) is 0 Å². The van der Waals surface area contributed by atoms with Crippen LogP contribution in [0.3, 0.4) is 0 Å². The smallest absolute Gasteiger partial charge is 0.253 e. The lowest BCUT2D eigenvalue weighted by atomic mass is 10.0. The summed E-state index contributed by atoms with van der Waals surface area (Å²) in [6.45, 7) is 1.19. The van der Waals surface area contributed by atoms with Crippen molar-refractivity contribution in [2.24, 2.45) is 0 Å². The molecule has 0 radical (unpaired) electrons. The van der Waals surface area contributed by atoms with Crippen LogP contribution in [-0.2, 0) is 4.79 Å². The van der Waals surface area contributed by atoms with Crippen LogP contribution in [0.5, 0.6) is 0 Å². The van der Waals surface area contributed by atoms with Crippen LogP contribution in [-0.4, -0.2) is 41.7 Å². The molecule has 0 atom stereocenters. The molecule has 2 rings (SSSR count). The van der Waals surface area contributed by atoms with Crippen molar-refractivity contribution in [2.75, 3.05) is 19.0 Å². The topological polar surface area (TPSA) is 49.4 Å². The second-order valence-corrected chi connectivity index (χ2v) is 5.81. The van der Waals surface area contributed by atoms with Gasteiger partial charge in [-0.15, -0.1) is 11.6 Å². The highest BCUT2D eigenvalue weighted by molar-refractivity contribution is 6.17. The molecule has 1 fully saturated rings. The van der Waals surface area contributed by atoms with E-state index in [-0.39, 0.29) is 23.7 Å². The summed E-state index contributed by atoms with van der Waals surface area (Å²) in [5.74, 6) is 0.0590. The molecule has 1 saturated heterocycles. The molecule has 1 heterocycles. The molecule has 1 aromatic rings. The summed E-state index contributed by atoms with van der Waals surface area (Å²) in [6.07, 6.45) is 2.59. The van der Waals surface area contributed by atoms with Crippen molar-refractivity contribution < 1.29 is 14.0 Å².